The van der Waals surface area contributed by atoms with Gasteiger partial charge in [0.25, 0.3) is 10.9 Å². The third-order valence-electron chi connectivity index (χ3n) is 14.0. The first-order valence-corrected chi connectivity index (χ1v) is 29.2. The van der Waals surface area contributed by atoms with Gasteiger partial charge in [-0.25, -0.2) is 4.79 Å². The number of anilines is 2. The summed E-state index contributed by atoms with van der Waals surface area (Å²) in [6.45, 7) is 4.10. The molecule has 0 aliphatic carbocycles. The average Bonchev–Trinajstić information content (AvgIpc) is 2.12. The number of amides is 6. The number of nitrogens with zero attached hydrogens (tertiary/aromatic N) is 5. The summed E-state index contributed by atoms with van der Waals surface area (Å²) in [6.07, 6.45) is 1.84. The van der Waals surface area contributed by atoms with E-state index < -0.39 is 58.6 Å². The van der Waals surface area contributed by atoms with Gasteiger partial charge in [-0.05, 0) is 66.6 Å². The zero-order valence-electron chi connectivity index (χ0n) is 49.4. The zero-order chi connectivity index (χ0) is 63.8. The summed E-state index contributed by atoms with van der Waals surface area (Å²) in [5, 5.41) is 60.8. The number of phenols is 1. The van der Waals surface area contributed by atoms with E-state index in [0.29, 0.717) is 54.7 Å². The molecule has 1 heterocycles. The molecule has 0 bridgehead atoms. The highest BCUT2D eigenvalue weighted by molar-refractivity contribution is 5.93. The molecule has 0 spiro atoms. The molecule has 1 saturated heterocycles. The number of benzene rings is 3. The molecular formula is C59H82N14O15. The van der Waals surface area contributed by atoms with E-state index in [9.17, 15) is 68.4 Å². The minimum absolute atomic E-state index is 0.0651. The predicted octanol–water partition coefficient (Wildman–Crippen LogP) is -0.884. The average molecular weight is 1230 g/mol. The highest BCUT2D eigenvalue weighted by Crippen LogP contribution is 2.28. The number of aliphatic carboxylic acids is 3. The van der Waals surface area contributed by atoms with Crippen LogP contribution in [0.4, 0.5) is 16.2 Å². The number of carboxylic acid groups (broad SMARTS) is 3. The number of carbonyl (C=O) groups excluding carboxylic acids is 5. The number of phenolic OH excluding ortho intramolecular Hbond substituents is 1. The maximum Gasteiger partial charge on any atom is 0.344 e. The van der Waals surface area contributed by atoms with E-state index >= 15 is 0 Å². The van der Waals surface area contributed by atoms with Crippen LogP contribution in [0, 0.1) is 0 Å². The Bertz CT molecular complexity index is 3000. The Labute approximate surface area is 509 Å². The lowest BCUT2D eigenvalue weighted by Gasteiger charge is -2.32. The molecule has 4 aromatic rings. The van der Waals surface area contributed by atoms with Crippen LogP contribution in [0.5, 0.6) is 11.5 Å². The lowest BCUT2D eigenvalue weighted by atomic mass is 9.90. The lowest BCUT2D eigenvalue weighted by molar-refractivity contribution is -0.140. The van der Waals surface area contributed by atoms with E-state index in [1.54, 1.807) is 87.2 Å². The van der Waals surface area contributed by atoms with Crippen LogP contribution in [-0.2, 0) is 40.1 Å². The van der Waals surface area contributed by atoms with Gasteiger partial charge in [0.15, 0.2) is 5.96 Å². The van der Waals surface area contributed by atoms with E-state index in [1.807, 2.05) is 6.07 Å². The van der Waals surface area contributed by atoms with Crippen molar-refractivity contribution >= 4 is 64.9 Å². The van der Waals surface area contributed by atoms with Crippen molar-refractivity contribution < 1.29 is 63.5 Å². The van der Waals surface area contributed by atoms with Gasteiger partial charge in [0, 0.05) is 105 Å². The third kappa shape index (κ3) is 25.4. The first kappa shape index (κ1) is 69.6. The number of aliphatic imine (C=N–C) groups is 1. The summed E-state index contributed by atoms with van der Waals surface area (Å²) in [7, 11) is 0. The topological polar surface area (TPSA) is 408 Å². The molecule has 1 fully saturated rings. The summed E-state index contributed by atoms with van der Waals surface area (Å²) in [6, 6.07) is 20.6. The quantitative estimate of drug-likeness (QED) is 0.0117. The monoisotopic (exact) mass is 1230 g/mol. The number of nitrogens with two attached hydrogens (primary N) is 1. The summed E-state index contributed by atoms with van der Waals surface area (Å²) in [4.78, 5) is 136. The Balaban J connectivity index is 1.11. The first-order valence-electron chi connectivity index (χ1n) is 29.2. The Hall–Kier alpha value is -9.19. The standard InChI is InChI=1S/C59H82N14O15/c1-2-46(75)61-22-24-66-59(87)69-58(60)65-20-9-14-45(56(85)67-35-40-15-17-43(74)18-16-40)68-57(86)51(41-10-4-3-5-11-41)42-12-8-13-44(34-42)88-33-7-6-19-63-52-53(55(84)54(52)83)64-23-21-62-47(76)36-70-25-27-71(37-48(77)78)29-31-73(39-50(81)82)32-30-72(28-26-70)38-49(79)80/h3-5,8,10-13,15-18,34,45,51,63-64,74H,2,6-7,9,14,19-33,35-39H2,1H3,(H,61,75)(H,62,76)(H,67,85)(H,68,86)(H,77,78)(H,79,80)(H,81,82)(H4,60,65,66,69,87)/t45-,51+/m1/s1. The van der Waals surface area contributed by atoms with Crippen molar-refractivity contribution in [3.8, 4) is 11.5 Å². The Kier molecular flexibility index (Phi) is 29.6. The summed E-state index contributed by atoms with van der Waals surface area (Å²) in [5.41, 5.74) is 6.70. The Morgan fingerprint density at radius 1 is 0.568 bits per heavy atom. The van der Waals surface area contributed by atoms with Gasteiger partial charge >= 0.3 is 23.9 Å². The van der Waals surface area contributed by atoms with Crippen molar-refractivity contribution in [2.75, 3.05) is 135 Å². The van der Waals surface area contributed by atoms with E-state index in [2.05, 4.69) is 47.5 Å². The summed E-state index contributed by atoms with van der Waals surface area (Å²) in [5.74, 6) is -5.18. The van der Waals surface area contributed by atoms with Crippen LogP contribution in [0.2, 0.25) is 0 Å². The summed E-state index contributed by atoms with van der Waals surface area (Å²) < 4.78 is 6.13. The van der Waals surface area contributed by atoms with Crippen molar-refractivity contribution in [1.82, 2.24) is 51.5 Å². The number of hydrogen-bond donors (Lipinski definition) is 13. The molecule has 29 nitrogen and oxygen atoms in total. The van der Waals surface area contributed by atoms with Gasteiger partial charge in [-0.1, -0.05) is 61.5 Å². The molecule has 478 valence electrons. The first-order chi connectivity index (χ1) is 42.3. The molecule has 5 rings (SSSR count). The smallest absolute Gasteiger partial charge is 0.344 e. The molecule has 6 amide bonds. The maximum atomic E-state index is 14.5. The molecule has 0 aromatic heterocycles. The van der Waals surface area contributed by atoms with Crippen LogP contribution in [0.3, 0.4) is 0 Å². The lowest BCUT2D eigenvalue weighted by Crippen LogP contribution is -2.50. The second-order valence-corrected chi connectivity index (χ2v) is 20.8. The van der Waals surface area contributed by atoms with Gasteiger partial charge in [-0.15, -0.1) is 0 Å². The number of nitrogens with one attached hydrogen (secondary N) is 8. The van der Waals surface area contributed by atoms with E-state index in [-0.39, 0.29) is 166 Å². The SMILES string of the molecule is CCC(=O)NCCNC(=O)/N=C(/N)NCCC[C@@H](NC(=O)[C@@H](c1ccccc1)c1cccc(OCCCCNc2c(NCCNC(=O)CN3CCN(CC(=O)O)CCN(CC(=O)O)CCN(CC(=O)O)CC3)c(=O)c2=O)c1)C(=O)NCc1ccc(O)cc1. The van der Waals surface area contributed by atoms with Crippen LogP contribution in [0.1, 0.15) is 61.6 Å². The van der Waals surface area contributed by atoms with E-state index in [0.717, 1.165) is 0 Å². The minimum Gasteiger partial charge on any atom is -0.508 e. The molecule has 88 heavy (non-hydrogen) atoms. The molecule has 2 atom stereocenters. The normalized spacial score (nSPS) is 14.6. The fourth-order valence-corrected chi connectivity index (χ4v) is 9.37. The molecule has 14 N–H and O–H groups in total. The molecule has 4 aromatic carbocycles. The van der Waals surface area contributed by atoms with Gasteiger partial charge in [-0.2, -0.15) is 4.99 Å². The number of carboxylic acids is 3. The molecule has 1 aliphatic rings. The minimum atomic E-state index is -1.07. The predicted molar refractivity (Wildman–Crippen MR) is 327 cm³/mol. The van der Waals surface area contributed by atoms with Crippen molar-refractivity contribution in [1.29, 1.82) is 0 Å². The molecule has 1 aliphatic heterocycles. The van der Waals surface area contributed by atoms with E-state index in [1.165, 1.54) is 12.1 Å². The van der Waals surface area contributed by atoms with Gasteiger partial charge in [0.05, 0.1) is 38.7 Å². The fourth-order valence-electron chi connectivity index (χ4n) is 9.37. The number of aromatic hydroxyl groups is 1. The van der Waals surface area contributed by atoms with Gasteiger partial charge < -0.3 is 73.4 Å². The van der Waals surface area contributed by atoms with Gasteiger partial charge in [-0.3, -0.25) is 62.8 Å². The Morgan fingerprint density at radius 3 is 1.68 bits per heavy atom. The maximum absolute atomic E-state index is 14.5. The molecule has 29 heteroatoms. The number of guanidine groups is 1. The van der Waals surface area contributed by atoms with Crippen LogP contribution < -0.4 is 63.9 Å². The van der Waals surface area contributed by atoms with Crippen LogP contribution >= 0.6 is 0 Å². The highest BCUT2D eigenvalue weighted by atomic mass is 16.5. The third-order valence-corrected chi connectivity index (χ3v) is 14.0. The number of urea groups is 1. The van der Waals surface area contributed by atoms with Crippen molar-refractivity contribution in [3.05, 3.63) is 116 Å². The number of ether oxygens (including phenoxy) is 1. The largest absolute Gasteiger partial charge is 0.508 e. The Morgan fingerprint density at radius 2 is 1.10 bits per heavy atom. The van der Waals surface area contributed by atoms with Crippen molar-refractivity contribution in [3.63, 3.8) is 0 Å². The van der Waals surface area contributed by atoms with Crippen LogP contribution in [0.15, 0.2) is 93.4 Å². The van der Waals surface area contributed by atoms with Gasteiger partial charge in [0.1, 0.15) is 28.9 Å². The fraction of sp³-hybridized carbons (Fsp3) is 0.475. The summed E-state index contributed by atoms with van der Waals surface area (Å²) >= 11 is 0. The zero-order valence-corrected chi connectivity index (χ0v) is 49.4. The second kappa shape index (κ2) is 37.4. The van der Waals surface area contributed by atoms with Crippen molar-refractivity contribution in [2.24, 2.45) is 10.7 Å². The molecular weight excluding hydrogens is 1140 g/mol. The number of carbonyl (C=O) groups is 8. The molecule has 0 unspecified atom stereocenters. The van der Waals surface area contributed by atoms with Crippen LogP contribution in [0.25, 0.3) is 0 Å². The number of unbranched alkanes of at least 4 members (excludes halogenated alkanes) is 1. The second-order valence-electron chi connectivity index (χ2n) is 20.8. The number of hydrogen-bond acceptors (Lipinski definition) is 18. The molecule has 0 radical (unpaired) electrons. The molecule has 0 saturated carbocycles. The van der Waals surface area contributed by atoms with Crippen molar-refractivity contribution in [2.45, 2.75) is 57.5 Å². The number of rotatable bonds is 34. The van der Waals surface area contributed by atoms with Crippen LogP contribution in [-0.4, -0.2) is 224 Å². The van der Waals surface area contributed by atoms with E-state index in [4.69, 9.17) is 10.5 Å². The van der Waals surface area contributed by atoms with Gasteiger partial charge in [0.2, 0.25) is 23.6 Å². The highest BCUT2D eigenvalue weighted by Gasteiger charge is 2.29.